The van der Waals surface area contributed by atoms with Crippen molar-refractivity contribution >= 4 is 46.7 Å². The number of rotatable bonds is 7. The second-order valence-corrected chi connectivity index (χ2v) is 6.64. The quantitative estimate of drug-likeness (QED) is 0.632. The van der Waals surface area contributed by atoms with Crippen molar-refractivity contribution in [3.8, 4) is 0 Å². The van der Waals surface area contributed by atoms with Crippen LogP contribution in [-0.2, 0) is 14.3 Å². The number of benzene rings is 2. The molecule has 2 rings (SSSR count). The average molecular weight is 445 g/mol. The number of amides is 2. The van der Waals surface area contributed by atoms with Crippen molar-refractivity contribution in [2.45, 2.75) is 19.4 Å². The number of nitrogens with one attached hydrogen (secondary N) is 2. The maximum atomic E-state index is 13.5. The van der Waals surface area contributed by atoms with Crippen molar-refractivity contribution in [1.82, 2.24) is 5.32 Å². The van der Waals surface area contributed by atoms with E-state index in [4.69, 9.17) is 27.9 Å². The van der Waals surface area contributed by atoms with Crippen molar-refractivity contribution in [3.63, 3.8) is 0 Å². The van der Waals surface area contributed by atoms with Gasteiger partial charge in [0.25, 0.3) is 11.8 Å². The largest absolute Gasteiger partial charge is 0.452 e. The summed E-state index contributed by atoms with van der Waals surface area (Å²) in [5.41, 5.74) is -0.0911. The van der Waals surface area contributed by atoms with E-state index in [2.05, 4.69) is 10.6 Å². The zero-order chi connectivity index (χ0) is 21.6. The Balaban J connectivity index is 1.80. The van der Waals surface area contributed by atoms with E-state index in [0.717, 1.165) is 12.1 Å². The van der Waals surface area contributed by atoms with Crippen molar-refractivity contribution < 1.29 is 27.9 Å². The average Bonchev–Trinajstić information content (AvgIpc) is 2.65. The van der Waals surface area contributed by atoms with E-state index in [1.807, 2.05) is 0 Å². The molecule has 0 aliphatic heterocycles. The number of anilines is 1. The standard InChI is InChI=1S/C19H16Cl2F2N2O4/c1-10(18(27)25-15-4-2-3-13(20)17(15)21)29-16(26)7-8-24-19(28)12-6-5-11(22)9-14(12)23/h2-6,9-10H,7-8H2,1H3,(H,24,28)(H,25,27). The summed E-state index contributed by atoms with van der Waals surface area (Å²) < 4.78 is 31.4. The van der Waals surface area contributed by atoms with Gasteiger partial charge < -0.3 is 15.4 Å². The van der Waals surface area contributed by atoms with Gasteiger partial charge in [-0.1, -0.05) is 29.3 Å². The highest BCUT2D eigenvalue weighted by Gasteiger charge is 2.19. The Morgan fingerprint density at radius 2 is 1.86 bits per heavy atom. The molecule has 2 N–H and O–H groups in total. The molecular weight excluding hydrogens is 429 g/mol. The maximum absolute atomic E-state index is 13.5. The summed E-state index contributed by atoms with van der Waals surface area (Å²) in [7, 11) is 0. The molecule has 0 heterocycles. The highest BCUT2D eigenvalue weighted by molar-refractivity contribution is 6.44. The Bertz CT molecular complexity index is 940. The van der Waals surface area contributed by atoms with Crippen LogP contribution in [0.2, 0.25) is 10.0 Å². The molecule has 154 valence electrons. The fourth-order valence-corrected chi connectivity index (χ4v) is 2.54. The minimum Gasteiger partial charge on any atom is -0.452 e. The molecule has 6 nitrogen and oxygen atoms in total. The first-order valence-electron chi connectivity index (χ1n) is 8.36. The molecule has 0 radical (unpaired) electrons. The Morgan fingerprint density at radius 3 is 2.55 bits per heavy atom. The van der Waals surface area contributed by atoms with Gasteiger partial charge in [0.15, 0.2) is 6.10 Å². The van der Waals surface area contributed by atoms with E-state index in [1.54, 1.807) is 12.1 Å². The van der Waals surface area contributed by atoms with Gasteiger partial charge in [0, 0.05) is 12.6 Å². The van der Waals surface area contributed by atoms with Crippen LogP contribution in [0.1, 0.15) is 23.7 Å². The number of hydrogen-bond acceptors (Lipinski definition) is 4. The summed E-state index contributed by atoms with van der Waals surface area (Å²) >= 11 is 11.8. The van der Waals surface area contributed by atoms with Gasteiger partial charge in [0.1, 0.15) is 11.6 Å². The zero-order valence-electron chi connectivity index (χ0n) is 15.1. The minimum atomic E-state index is -1.14. The molecule has 0 saturated carbocycles. The van der Waals surface area contributed by atoms with Crippen molar-refractivity contribution in [1.29, 1.82) is 0 Å². The molecule has 0 aromatic heterocycles. The number of halogens is 4. The highest BCUT2D eigenvalue weighted by Crippen LogP contribution is 2.29. The van der Waals surface area contributed by atoms with E-state index in [1.165, 1.54) is 13.0 Å². The molecular formula is C19H16Cl2F2N2O4. The van der Waals surface area contributed by atoms with Crippen LogP contribution in [0, 0.1) is 11.6 Å². The van der Waals surface area contributed by atoms with Gasteiger partial charge in [-0.05, 0) is 31.2 Å². The normalized spacial score (nSPS) is 11.5. The van der Waals surface area contributed by atoms with Crippen LogP contribution in [0.25, 0.3) is 0 Å². The van der Waals surface area contributed by atoms with Crippen LogP contribution in [0.3, 0.4) is 0 Å². The van der Waals surface area contributed by atoms with E-state index < -0.39 is 35.5 Å². The molecule has 0 fully saturated rings. The monoisotopic (exact) mass is 444 g/mol. The Labute approximate surface area is 175 Å². The van der Waals surface area contributed by atoms with Crippen molar-refractivity contribution in [3.05, 3.63) is 63.6 Å². The SMILES string of the molecule is CC(OC(=O)CCNC(=O)c1ccc(F)cc1F)C(=O)Nc1cccc(Cl)c1Cl. The summed E-state index contributed by atoms with van der Waals surface area (Å²) in [6.45, 7) is 1.20. The third kappa shape index (κ3) is 6.40. The Kier molecular flexibility index (Phi) is 7.92. The van der Waals surface area contributed by atoms with Gasteiger partial charge >= 0.3 is 5.97 Å². The number of hydrogen-bond donors (Lipinski definition) is 2. The first kappa shape index (κ1) is 22.6. The smallest absolute Gasteiger partial charge is 0.308 e. The number of ether oxygens (including phenoxy) is 1. The topological polar surface area (TPSA) is 84.5 Å². The summed E-state index contributed by atoms with van der Waals surface area (Å²) in [5.74, 6) is -4.02. The third-order valence-corrected chi connectivity index (χ3v) is 4.50. The summed E-state index contributed by atoms with van der Waals surface area (Å²) in [4.78, 5) is 35.8. The van der Waals surface area contributed by atoms with Gasteiger partial charge in [-0.2, -0.15) is 0 Å². The first-order chi connectivity index (χ1) is 13.7. The Morgan fingerprint density at radius 1 is 1.14 bits per heavy atom. The fourth-order valence-electron chi connectivity index (χ4n) is 2.19. The van der Waals surface area contributed by atoms with Crippen LogP contribution in [-0.4, -0.2) is 30.4 Å². The molecule has 29 heavy (non-hydrogen) atoms. The van der Waals surface area contributed by atoms with Crippen molar-refractivity contribution in [2.24, 2.45) is 0 Å². The molecule has 1 unspecified atom stereocenters. The molecule has 10 heteroatoms. The number of carbonyl (C=O) groups excluding carboxylic acids is 3. The third-order valence-electron chi connectivity index (χ3n) is 3.68. The van der Waals surface area contributed by atoms with E-state index in [0.29, 0.717) is 6.07 Å². The van der Waals surface area contributed by atoms with Crippen LogP contribution in [0.5, 0.6) is 0 Å². The molecule has 0 spiro atoms. The second-order valence-electron chi connectivity index (χ2n) is 5.85. The van der Waals surface area contributed by atoms with Crippen LogP contribution >= 0.6 is 23.2 Å². The molecule has 0 bridgehead atoms. The lowest BCUT2D eigenvalue weighted by molar-refractivity contribution is -0.153. The molecule has 2 aromatic carbocycles. The van der Waals surface area contributed by atoms with E-state index >= 15 is 0 Å². The molecule has 0 aliphatic rings. The predicted molar refractivity (Wildman–Crippen MR) is 104 cm³/mol. The molecule has 1 atom stereocenters. The lowest BCUT2D eigenvalue weighted by Crippen LogP contribution is -2.32. The van der Waals surface area contributed by atoms with Gasteiger partial charge in [-0.25, -0.2) is 8.78 Å². The molecule has 2 amide bonds. The minimum absolute atomic E-state index is 0.150. The number of esters is 1. The molecule has 2 aromatic rings. The lowest BCUT2D eigenvalue weighted by atomic mass is 10.2. The Hall–Kier alpha value is -2.71. The number of carbonyl (C=O) groups is 3. The molecule has 0 aliphatic carbocycles. The predicted octanol–water partition coefficient (Wildman–Crippen LogP) is 3.96. The summed E-state index contributed by atoms with van der Waals surface area (Å²) in [6.07, 6.45) is -1.40. The first-order valence-corrected chi connectivity index (χ1v) is 9.12. The second kappa shape index (κ2) is 10.2. The zero-order valence-corrected chi connectivity index (χ0v) is 16.6. The van der Waals surface area contributed by atoms with E-state index in [-0.39, 0.29) is 34.3 Å². The summed E-state index contributed by atoms with van der Waals surface area (Å²) in [5, 5.41) is 5.20. The van der Waals surface area contributed by atoms with Crippen LogP contribution < -0.4 is 10.6 Å². The summed E-state index contributed by atoms with van der Waals surface area (Å²) in [6, 6.07) is 7.19. The highest BCUT2D eigenvalue weighted by atomic mass is 35.5. The molecule has 0 saturated heterocycles. The van der Waals surface area contributed by atoms with Gasteiger partial charge in [0.05, 0.1) is 27.7 Å². The van der Waals surface area contributed by atoms with Gasteiger partial charge in [-0.3, -0.25) is 14.4 Å². The van der Waals surface area contributed by atoms with Crippen molar-refractivity contribution in [2.75, 3.05) is 11.9 Å². The van der Waals surface area contributed by atoms with Gasteiger partial charge in [0.2, 0.25) is 0 Å². The van der Waals surface area contributed by atoms with Crippen LogP contribution in [0.15, 0.2) is 36.4 Å². The maximum Gasteiger partial charge on any atom is 0.308 e. The van der Waals surface area contributed by atoms with E-state index in [9.17, 15) is 23.2 Å². The lowest BCUT2D eigenvalue weighted by Gasteiger charge is -2.14. The van der Waals surface area contributed by atoms with Gasteiger partial charge in [-0.15, -0.1) is 0 Å². The fraction of sp³-hybridized carbons (Fsp3) is 0.211. The van der Waals surface area contributed by atoms with Crippen LogP contribution in [0.4, 0.5) is 14.5 Å².